The van der Waals surface area contributed by atoms with E-state index in [2.05, 4.69) is 52.6 Å². The summed E-state index contributed by atoms with van der Waals surface area (Å²) in [4.78, 5) is 16.8. The zero-order chi connectivity index (χ0) is 19.9. The molecule has 6 nitrogen and oxygen atoms in total. The van der Waals surface area contributed by atoms with E-state index in [0.29, 0.717) is 13.2 Å². The van der Waals surface area contributed by atoms with E-state index in [-0.39, 0.29) is 6.03 Å². The smallest absolute Gasteiger partial charge is 0.319 e. The van der Waals surface area contributed by atoms with Crippen molar-refractivity contribution in [3.05, 3.63) is 53.6 Å². The van der Waals surface area contributed by atoms with Crippen LogP contribution in [0.15, 0.2) is 42.5 Å². The predicted octanol–water partition coefficient (Wildman–Crippen LogP) is 3.26. The minimum atomic E-state index is -0.225. The van der Waals surface area contributed by atoms with Gasteiger partial charge in [-0.15, -0.1) is 0 Å². The lowest BCUT2D eigenvalue weighted by molar-refractivity contribution is 0.247. The first-order chi connectivity index (χ1) is 13.5. The number of rotatable bonds is 6. The molecule has 0 atom stereocenters. The quantitative estimate of drug-likeness (QED) is 0.753. The van der Waals surface area contributed by atoms with Gasteiger partial charge in [-0.25, -0.2) is 4.79 Å². The molecule has 2 aromatic carbocycles. The maximum absolute atomic E-state index is 12.1. The summed E-state index contributed by atoms with van der Waals surface area (Å²) in [7, 11) is 2.15. The highest BCUT2D eigenvalue weighted by Crippen LogP contribution is 2.20. The molecule has 1 saturated heterocycles. The fourth-order valence-corrected chi connectivity index (χ4v) is 3.20. The molecule has 0 unspecified atom stereocenters. The van der Waals surface area contributed by atoms with E-state index in [1.165, 1.54) is 11.3 Å². The maximum atomic E-state index is 12.1. The molecule has 1 aliphatic heterocycles. The third-order valence-electron chi connectivity index (χ3n) is 5.19. The number of nitrogens with one attached hydrogen (secondary N) is 2. The summed E-state index contributed by atoms with van der Waals surface area (Å²) in [5.74, 6) is 0.863. The molecule has 150 valence electrons. The minimum Gasteiger partial charge on any atom is -0.491 e. The highest BCUT2D eigenvalue weighted by molar-refractivity contribution is 5.89. The number of ether oxygens (including phenoxy) is 1. The Morgan fingerprint density at radius 2 is 1.75 bits per heavy atom. The van der Waals surface area contributed by atoms with E-state index in [1.54, 1.807) is 0 Å². The number of piperazine rings is 1. The van der Waals surface area contributed by atoms with Crippen LogP contribution in [0.25, 0.3) is 0 Å². The van der Waals surface area contributed by atoms with Crippen molar-refractivity contribution in [2.75, 3.05) is 56.6 Å². The molecule has 2 N–H and O–H groups in total. The number of aryl methyl sites for hydroxylation is 1. The zero-order valence-electron chi connectivity index (χ0n) is 17.0. The van der Waals surface area contributed by atoms with Crippen LogP contribution in [0.4, 0.5) is 16.2 Å². The lowest BCUT2D eigenvalue weighted by Gasteiger charge is -2.34. The number of carbonyl (C=O) groups is 1. The minimum absolute atomic E-state index is 0.225. The van der Waals surface area contributed by atoms with Gasteiger partial charge in [0.25, 0.3) is 0 Å². The van der Waals surface area contributed by atoms with E-state index in [1.807, 2.05) is 31.2 Å². The number of nitrogens with zero attached hydrogens (tertiary/aromatic N) is 2. The van der Waals surface area contributed by atoms with E-state index < -0.39 is 0 Å². The van der Waals surface area contributed by atoms with Crippen LogP contribution < -0.4 is 20.3 Å². The van der Waals surface area contributed by atoms with Crippen LogP contribution >= 0.6 is 0 Å². The fraction of sp³-hybridized carbons (Fsp3) is 0.409. The van der Waals surface area contributed by atoms with Gasteiger partial charge in [0.15, 0.2) is 0 Å². The summed E-state index contributed by atoms with van der Waals surface area (Å²) in [6, 6.07) is 13.8. The van der Waals surface area contributed by atoms with Gasteiger partial charge in [-0.05, 0) is 62.4 Å². The first-order valence-corrected chi connectivity index (χ1v) is 9.80. The molecule has 1 fully saturated rings. The van der Waals surface area contributed by atoms with Crippen molar-refractivity contribution in [1.82, 2.24) is 10.2 Å². The number of hydrogen-bond acceptors (Lipinski definition) is 4. The predicted molar refractivity (Wildman–Crippen MR) is 115 cm³/mol. The molecule has 0 aromatic heterocycles. The normalized spacial score (nSPS) is 14.6. The van der Waals surface area contributed by atoms with Crippen molar-refractivity contribution in [3.8, 4) is 5.75 Å². The third-order valence-corrected chi connectivity index (χ3v) is 5.19. The van der Waals surface area contributed by atoms with E-state index in [4.69, 9.17) is 4.74 Å². The Labute approximate surface area is 167 Å². The molecule has 2 aromatic rings. The van der Waals surface area contributed by atoms with Gasteiger partial charge in [-0.3, -0.25) is 0 Å². The monoisotopic (exact) mass is 382 g/mol. The van der Waals surface area contributed by atoms with Crippen molar-refractivity contribution in [3.63, 3.8) is 0 Å². The van der Waals surface area contributed by atoms with Crippen LogP contribution in [0.3, 0.4) is 0 Å². The number of amides is 2. The van der Waals surface area contributed by atoms with E-state index in [0.717, 1.165) is 43.2 Å². The van der Waals surface area contributed by atoms with Gasteiger partial charge in [-0.1, -0.05) is 12.1 Å². The summed E-state index contributed by atoms with van der Waals surface area (Å²) < 4.78 is 5.76. The largest absolute Gasteiger partial charge is 0.491 e. The van der Waals surface area contributed by atoms with Crippen LogP contribution in [-0.2, 0) is 0 Å². The molecular weight excluding hydrogens is 352 g/mol. The number of likely N-dealkylation sites (N-methyl/N-ethyl adjacent to an activating group) is 1. The molecule has 0 spiro atoms. The molecular formula is C22H30N4O2. The molecule has 1 heterocycles. The second kappa shape index (κ2) is 9.46. The average Bonchev–Trinajstić information content (AvgIpc) is 2.69. The Morgan fingerprint density at radius 1 is 1.04 bits per heavy atom. The summed E-state index contributed by atoms with van der Waals surface area (Å²) >= 11 is 0. The Bertz CT molecular complexity index is 784. The number of anilines is 2. The van der Waals surface area contributed by atoms with Crippen molar-refractivity contribution in [2.24, 2.45) is 0 Å². The lowest BCUT2D eigenvalue weighted by atomic mass is 10.1. The Balaban J connectivity index is 1.40. The molecule has 28 heavy (non-hydrogen) atoms. The number of carbonyl (C=O) groups excluding carboxylic acids is 1. The van der Waals surface area contributed by atoms with E-state index in [9.17, 15) is 4.79 Å². The first-order valence-electron chi connectivity index (χ1n) is 9.80. The van der Waals surface area contributed by atoms with Gasteiger partial charge in [0.1, 0.15) is 12.4 Å². The summed E-state index contributed by atoms with van der Waals surface area (Å²) in [5.41, 5.74) is 4.31. The van der Waals surface area contributed by atoms with Crippen LogP contribution in [0.5, 0.6) is 5.75 Å². The molecule has 0 radical (unpaired) electrons. The van der Waals surface area contributed by atoms with Gasteiger partial charge < -0.3 is 25.2 Å². The molecule has 3 rings (SSSR count). The second-order valence-electron chi connectivity index (χ2n) is 7.26. The second-order valence-corrected chi connectivity index (χ2v) is 7.26. The highest BCUT2D eigenvalue weighted by atomic mass is 16.5. The molecule has 2 amide bonds. The molecule has 6 heteroatoms. The Kier molecular flexibility index (Phi) is 6.76. The standard InChI is InChI=1S/C22H30N4O2/c1-17-5-4-6-21(18(17)2)28-16-11-23-22(27)24-19-7-9-20(10-8-19)26-14-12-25(3)13-15-26/h4-10H,11-16H2,1-3H3,(H2,23,24,27). The van der Waals surface area contributed by atoms with Crippen molar-refractivity contribution < 1.29 is 9.53 Å². The average molecular weight is 383 g/mol. The van der Waals surface area contributed by atoms with Gasteiger partial charge in [-0.2, -0.15) is 0 Å². The molecule has 0 saturated carbocycles. The maximum Gasteiger partial charge on any atom is 0.319 e. The summed E-state index contributed by atoms with van der Waals surface area (Å²) in [5, 5.41) is 5.69. The lowest BCUT2D eigenvalue weighted by Crippen LogP contribution is -2.44. The van der Waals surface area contributed by atoms with Crippen molar-refractivity contribution in [1.29, 1.82) is 0 Å². The topological polar surface area (TPSA) is 56.8 Å². The molecule has 0 aliphatic carbocycles. The number of urea groups is 1. The summed E-state index contributed by atoms with van der Waals surface area (Å²) in [6.45, 7) is 9.19. The van der Waals surface area contributed by atoms with E-state index >= 15 is 0 Å². The Hall–Kier alpha value is -2.73. The van der Waals surface area contributed by atoms with Crippen LogP contribution in [-0.4, -0.2) is 57.3 Å². The van der Waals surface area contributed by atoms with Crippen LogP contribution in [0, 0.1) is 13.8 Å². The van der Waals surface area contributed by atoms with Crippen molar-refractivity contribution >= 4 is 17.4 Å². The third kappa shape index (κ3) is 5.39. The van der Waals surface area contributed by atoms with Crippen LogP contribution in [0.1, 0.15) is 11.1 Å². The zero-order valence-corrected chi connectivity index (χ0v) is 17.0. The SMILES string of the molecule is Cc1cccc(OCCNC(=O)Nc2ccc(N3CCN(C)CC3)cc2)c1C. The van der Waals surface area contributed by atoms with Crippen LogP contribution in [0.2, 0.25) is 0 Å². The van der Waals surface area contributed by atoms with Gasteiger partial charge in [0.05, 0.1) is 6.54 Å². The first kappa shape index (κ1) is 20.0. The fourth-order valence-electron chi connectivity index (χ4n) is 3.20. The number of hydrogen-bond donors (Lipinski definition) is 2. The number of benzene rings is 2. The van der Waals surface area contributed by atoms with Crippen molar-refractivity contribution in [2.45, 2.75) is 13.8 Å². The molecule has 1 aliphatic rings. The van der Waals surface area contributed by atoms with Gasteiger partial charge >= 0.3 is 6.03 Å². The van der Waals surface area contributed by atoms with Gasteiger partial charge in [0, 0.05) is 37.6 Å². The summed E-state index contributed by atoms with van der Waals surface area (Å²) in [6.07, 6.45) is 0. The highest BCUT2D eigenvalue weighted by Gasteiger charge is 2.14. The molecule has 0 bridgehead atoms. The van der Waals surface area contributed by atoms with Gasteiger partial charge in [0.2, 0.25) is 0 Å². The Morgan fingerprint density at radius 3 is 2.46 bits per heavy atom.